The van der Waals surface area contributed by atoms with Gasteiger partial charge in [0.05, 0.1) is 0 Å². The zero-order valence-corrected chi connectivity index (χ0v) is 12.4. The number of aryl methyl sites for hydroxylation is 1. The Morgan fingerprint density at radius 1 is 1.32 bits per heavy atom. The van der Waals surface area contributed by atoms with E-state index < -0.39 is 0 Å². The highest BCUT2D eigenvalue weighted by atomic mass is 32.1. The topological polar surface area (TPSA) is 41.3 Å². The molecule has 3 nitrogen and oxygen atoms in total. The number of piperidine rings is 1. The van der Waals surface area contributed by atoms with Gasteiger partial charge < -0.3 is 16.0 Å². The Morgan fingerprint density at radius 2 is 2.05 bits per heavy atom. The molecular formula is C15H23N3S. The van der Waals surface area contributed by atoms with Gasteiger partial charge in [-0.1, -0.05) is 24.7 Å². The molecule has 19 heavy (non-hydrogen) atoms. The van der Waals surface area contributed by atoms with Crippen LogP contribution in [0.2, 0.25) is 0 Å². The van der Waals surface area contributed by atoms with E-state index in [2.05, 4.69) is 23.2 Å². The predicted molar refractivity (Wildman–Crippen MR) is 85.8 cm³/mol. The third-order valence-electron chi connectivity index (χ3n) is 3.63. The Morgan fingerprint density at radius 3 is 2.74 bits per heavy atom. The predicted octanol–water partition coefficient (Wildman–Crippen LogP) is 2.53. The van der Waals surface area contributed by atoms with Crippen molar-refractivity contribution in [3.05, 3.63) is 29.3 Å². The number of rotatable bonds is 5. The second-order valence-electron chi connectivity index (χ2n) is 5.24. The maximum Gasteiger partial charge on any atom is 0.106 e. The summed E-state index contributed by atoms with van der Waals surface area (Å²) in [6.45, 7) is 6.58. The van der Waals surface area contributed by atoms with E-state index in [-0.39, 0.29) is 0 Å². The van der Waals surface area contributed by atoms with Crippen LogP contribution in [0.1, 0.15) is 30.4 Å². The maximum atomic E-state index is 5.76. The van der Waals surface area contributed by atoms with Gasteiger partial charge in [0.25, 0.3) is 0 Å². The Kier molecular flexibility index (Phi) is 5.16. The van der Waals surface area contributed by atoms with Gasteiger partial charge in [0, 0.05) is 24.3 Å². The summed E-state index contributed by atoms with van der Waals surface area (Å²) in [5.41, 5.74) is 8.99. The summed E-state index contributed by atoms with van der Waals surface area (Å²) in [4.78, 5) is 2.98. The van der Waals surface area contributed by atoms with Crippen LogP contribution in [0.5, 0.6) is 0 Å². The minimum absolute atomic E-state index is 0.459. The van der Waals surface area contributed by atoms with Gasteiger partial charge in [-0.25, -0.2) is 0 Å². The number of hydrogen-bond donors (Lipinski definition) is 2. The van der Waals surface area contributed by atoms with Crippen LogP contribution < -0.4 is 11.1 Å². The Hall–Kier alpha value is -1.13. The number of thiocarbonyl (C=S) groups is 1. The van der Waals surface area contributed by atoms with Crippen molar-refractivity contribution in [2.24, 2.45) is 5.73 Å². The number of hydrogen-bond acceptors (Lipinski definition) is 3. The van der Waals surface area contributed by atoms with Gasteiger partial charge in [0.2, 0.25) is 0 Å². The van der Waals surface area contributed by atoms with E-state index in [1.807, 2.05) is 12.1 Å². The average molecular weight is 277 g/mol. The second kappa shape index (κ2) is 6.87. The van der Waals surface area contributed by atoms with E-state index >= 15 is 0 Å². The first-order valence-electron chi connectivity index (χ1n) is 7.03. The van der Waals surface area contributed by atoms with Crippen LogP contribution in [0.3, 0.4) is 0 Å². The monoisotopic (exact) mass is 277 g/mol. The first-order valence-corrected chi connectivity index (χ1v) is 7.44. The number of nitrogens with one attached hydrogen (secondary N) is 1. The number of nitrogens with zero attached hydrogens (tertiary/aromatic N) is 1. The minimum atomic E-state index is 0.459. The summed E-state index contributed by atoms with van der Waals surface area (Å²) in [6.07, 6.45) is 4.05. The molecular weight excluding hydrogens is 254 g/mol. The lowest BCUT2D eigenvalue weighted by Crippen LogP contribution is -2.33. The highest BCUT2D eigenvalue weighted by molar-refractivity contribution is 7.80. The molecule has 1 fully saturated rings. The van der Waals surface area contributed by atoms with E-state index in [9.17, 15) is 0 Å². The van der Waals surface area contributed by atoms with Crippen molar-refractivity contribution >= 4 is 22.9 Å². The molecule has 0 aromatic heterocycles. The molecule has 2 rings (SSSR count). The summed E-state index contributed by atoms with van der Waals surface area (Å²) in [7, 11) is 0. The molecule has 1 aliphatic heterocycles. The molecule has 1 heterocycles. The fourth-order valence-electron chi connectivity index (χ4n) is 2.55. The van der Waals surface area contributed by atoms with Gasteiger partial charge in [-0.2, -0.15) is 0 Å². The lowest BCUT2D eigenvalue weighted by atomic mass is 10.1. The van der Waals surface area contributed by atoms with Crippen molar-refractivity contribution in [3.63, 3.8) is 0 Å². The van der Waals surface area contributed by atoms with E-state index in [1.165, 1.54) is 37.9 Å². The zero-order valence-electron chi connectivity index (χ0n) is 11.6. The molecule has 0 atom stereocenters. The summed E-state index contributed by atoms with van der Waals surface area (Å²) >= 11 is 5.10. The van der Waals surface area contributed by atoms with Gasteiger partial charge in [-0.15, -0.1) is 0 Å². The van der Waals surface area contributed by atoms with Gasteiger partial charge in [-0.3, -0.25) is 0 Å². The smallest absolute Gasteiger partial charge is 0.106 e. The summed E-state index contributed by atoms with van der Waals surface area (Å²) < 4.78 is 0. The number of benzene rings is 1. The normalized spacial score (nSPS) is 16.3. The van der Waals surface area contributed by atoms with Crippen LogP contribution in [-0.4, -0.2) is 36.1 Å². The van der Waals surface area contributed by atoms with Crippen molar-refractivity contribution in [3.8, 4) is 0 Å². The lowest BCUT2D eigenvalue weighted by molar-refractivity contribution is 0.237. The molecule has 3 N–H and O–H groups in total. The van der Waals surface area contributed by atoms with E-state index in [1.54, 1.807) is 0 Å². The van der Waals surface area contributed by atoms with Crippen molar-refractivity contribution < 1.29 is 0 Å². The van der Waals surface area contributed by atoms with Crippen molar-refractivity contribution in [2.75, 3.05) is 31.5 Å². The van der Waals surface area contributed by atoms with E-state index in [0.29, 0.717) is 4.99 Å². The third-order valence-corrected chi connectivity index (χ3v) is 3.85. The van der Waals surface area contributed by atoms with E-state index in [0.717, 1.165) is 24.3 Å². The maximum absolute atomic E-state index is 5.76. The summed E-state index contributed by atoms with van der Waals surface area (Å²) in [6, 6.07) is 6.16. The molecule has 104 valence electrons. The van der Waals surface area contributed by atoms with Gasteiger partial charge >= 0.3 is 0 Å². The molecule has 0 aliphatic carbocycles. The van der Waals surface area contributed by atoms with Crippen molar-refractivity contribution in [2.45, 2.75) is 26.2 Å². The quantitative estimate of drug-likeness (QED) is 0.812. The van der Waals surface area contributed by atoms with Crippen LogP contribution >= 0.6 is 12.2 Å². The fourth-order valence-corrected chi connectivity index (χ4v) is 2.73. The van der Waals surface area contributed by atoms with Gasteiger partial charge in [0.15, 0.2) is 0 Å². The molecule has 1 aliphatic rings. The molecule has 1 aromatic rings. The number of anilines is 1. The van der Waals surface area contributed by atoms with Crippen molar-refractivity contribution in [1.29, 1.82) is 0 Å². The van der Waals surface area contributed by atoms with Crippen LogP contribution in [-0.2, 0) is 0 Å². The molecule has 0 amide bonds. The van der Waals surface area contributed by atoms with Crippen LogP contribution in [0.15, 0.2) is 18.2 Å². The third kappa shape index (κ3) is 4.18. The zero-order chi connectivity index (χ0) is 13.7. The standard InChI is InChI=1S/C15H23N3S/c1-12-5-6-13(15(16)19)14(11-12)17-7-10-18-8-3-2-4-9-18/h5-6,11,17H,2-4,7-10H2,1H3,(H2,16,19). The van der Waals surface area contributed by atoms with Crippen LogP contribution in [0, 0.1) is 6.92 Å². The molecule has 0 saturated carbocycles. The largest absolute Gasteiger partial charge is 0.389 e. The highest BCUT2D eigenvalue weighted by Gasteiger charge is 2.10. The molecule has 0 radical (unpaired) electrons. The van der Waals surface area contributed by atoms with Crippen molar-refractivity contribution in [1.82, 2.24) is 4.90 Å². The van der Waals surface area contributed by atoms with Crippen LogP contribution in [0.4, 0.5) is 5.69 Å². The Bertz CT molecular complexity index is 439. The average Bonchev–Trinajstić information content (AvgIpc) is 2.39. The van der Waals surface area contributed by atoms with E-state index in [4.69, 9.17) is 18.0 Å². The molecule has 1 saturated heterocycles. The van der Waals surface area contributed by atoms with Gasteiger partial charge in [0.1, 0.15) is 4.99 Å². The Labute approximate surface area is 121 Å². The molecule has 0 unspecified atom stereocenters. The fraction of sp³-hybridized carbons (Fsp3) is 0.533. The number of nitrogens with two attached hydrogens (primary N) is 1. The van der Waals surface area contributed by atoms with Gasteiger partial charge in [-0.05, 0) is 50.6 Å². The Balaban J connectivity index is 1.91. The van der Waals surface area contributed by atoms with Crippen LogP contribution in [0.25, 0.3) is 0 Å². The SMILES string of the molecule is Cc1ccc(C(N)=S)c(NCCN2CCCCC2)c1. The first-order chi connectivity index (χ1) is 9.16. The molecule has 1 aromatic carbocycles. The molecule has 0 spiro atoms. The molecule has 0 bridgehead atoms. The lowest BCUT2D eigenvalue weighted by Gasteiger charge is -2.26. The highest BCUT2D eigenvalue weighted by Crippen LogP contribution is 2.17. The summed E-state index contributed by atoms with van der Waals surface area (Å²) in [5, 5.41) is 3.47. The molecule has 4 heteroatoms. The number of likely N-dealkylation sites (tertiary alicyclic amines) is 1. The minimum Gasteiger partial charge on any atom is -0.389 e. The summed E-state index contributed by atoms with van der Waals surface area (Å²) in [5.74, 6) is 0. The first kappa shape index (κ1) is 14.3. The second-order valence-corrected chi connectivity index (χ2v) is 5.68.